The summed E-state index contributed by atoms with van der Waals surface area (Å²) in [5.41, 5.74) is 0.444. The number of nitrogens with zero attached hydrogens (tertiary/aromatic N) is 1. The largest absolute Gasteiger partial charge is 0.477 e. The van der Waals surface area contributed by atoms with Gasteiger partial charge in [0.1, 0.15) is 4.88 Å². The summed E-state index contributed by atoms with van der Waals surface area (Å²) < 4.78 is 0. The van der Waals surface area contributed by atoms with Crippen LogP contribution in [0.5, 0.6) is 0 Å². The van der Waals surface area contributed by atoms with Gasteiger partial charge < -0.3 is 10.0 Å². The number of thiophene rings is 1. The summed E-state index contributed by atoms with van der Waals surface area (Å²) in [7, 11) is 0. The molecular formula is C19H21Cl2NO3S. The van der Waals surface area contributed by atoms with Gasteiger partial charge >= 0.3 is 5.97 Å². The van der Waals surface area contributed by atoms with Gasteiger partial charge in [-0.25, -0.2) is 4.79 Å². The van der Waals surface area contributed by atoms with E-state index in [1.165, 1.54) is 22.3 Å². The van der Waals surface area contributed by atoms with E-state index in [1.54, 1.807) is 18.2 Å². The first-order valence-electron chi connectivity index (χ1n) is 8.09. The fourth-order valence-corrected chi connectivity index (χ4v) is 4.03. The van der Waals surface area contributed by atoms with Crippen LogP contribution in [0.1, 0.15) is 59.5 Å². The fraction of sp³-hybridized carbons (Fsp3) is 0.368. The van der Waals surface area contributed by atoms with E-state index >= 15 is 0 Å². The van der Waals surface area contributed by atoms with E-state index in [0.29, 0.717) is 10.7 Å². The van der Waals surface area contributed by atoms with Gasteiger partial charge in [-0.1, -0.05) is 44.0 Å². The molecule has 0 atom stereocenters. The first-order valence-corrected chi connectivity index (χ1v) is 9.67. The van der Waals surface area contributed by atoms with Crippen LogP contribution in [0.4, 0.5) is 5.69 Å². The van der Waals surface area contributed by atoms with Crippen molar-refractivity contribution in [2.24, 2.45) is 0 Å². The number of amides is 1. The second-order valence-corrected chi connectivity index (χ2v) is 9.17. The van der Waals surface area contributed by atoms with Crippen LogP contribution in [0, 0.1) is 0 Å². The molecule has 0 bridgehead atoms. The number of carbonyl (C=O) groups excluding carboxylic acids is 1. The third kappa shape index (κ3) is 4.22. The van der Waals surface area contributed by atoms with Gasteiger partial charge in [-0.05, 0) is 43.5 Å². The predicted octanol–water partition coefficient (Wildman–Crippen LogP) is 6.11. The summed E-state index contributed by atoms with van der Waals surface area (Å²) in [6.07, 6.45) is 0. The molecule has 0 aliphatic heterocycles. The molecule has 2 rings (SSSR count). The zero-order chi connectivity index (χ0) is 19.8. The molecule has 4 nitrogen and oxygen atoms in total. The smallest absolute Gasteiger partial charge is 0.348 e. The Kier molecular flexibility index (Phi) is 6.06. The lowest BCUT2D eigenvalue weighted by molar-refractivity contribution is 0.0703. The predicted molar refractivity (Wildman–Crippen MR) is 108 cm³/mol. The Morgan fingerprint density at radius 3 is 2.23 bits per heavy atom. The van der Waals surface area contributed by atoms with E-state index in [-0.39, 0.29) is 32.8 Å². The third-order valence-corrected chi connectivity index (χ3v) is 5.89. The van der Waals surface area contributed by atoms with Gasteiger partial charge in [0.15, 0.2) is 0 Å². The van der Waals surface area contributed by atoms with Gasteiger partial charge in [0, 0.05) is 15.9 Å². The van der Waals surface area contributed by atoms with Crippen molar-refractivity contribution in [1.29, 1.82) is 0 Å². The van der Waals surface area contributed by atoms with E-state index < -0.39 is 5.97 Å². The highest BCUT2D eigenvalue weighted by atomic mass is 35.5. The summed E-state index contributed by atoms with van der Waals surface area (Å²) in [5, 5.41) is 10.3. The van der Waals surface area contributed by atoms with Crippen LogP contribution in [0.3, 0.4) is 0 Å². The van der Waals surface area contributed by atoms with Crippen LogP contribution in [0.15, 0.2) is 24.3 Å². The molecule has 140 valence electrons. The maximum atomic E-state index is 13.2. The standard InChI is InChI=1S/C19H21Cl2NO3S/c1-10(2)22(17(23)12-7-6-11(20)8-13(12)21)14-9-15(19(3,4)5)26-16(14)18(24)25/h6-10H,1-5H3,(H,24,25). The minimum Gasteiger partial charge on any atom is -0.477 e. The molecule has 0 saturated carbocycles. The molecule has 0 fully saturated rings. The van der Waals surface area contributed by atoms with Crippen molar-refractivity contribution in [2.45, 2.75) is 46.1 Å². The van der Waals surface area contributed by atoms with Gasteiger partial charge in [0.2, 0.25) is 0 Å². The fourth-order valence-electron chi connectivity index (χ4n) is 2.50. The van der Waals surface area contributed by atoms with Crippen molar-refractivity contribution in [3.63, 3.8) is 0 Å². The molecule has 1 aromatic carbocycles. The average Bonchev–Trinajstić information content (AvgIpc) is 2.91. The Bertz CT molecular complexity index is 853. The molecule has 1 aromatic heterocycles. The van der Waals surface area contributed by atoms with Crippen molar-refractivity contribution in [3.8, 4) is 0 Å². The lowest BCUT2D eigenvalue weighted by atomic mass is 9.94. The minimum atomic E-state index is -1.05. The van der Waals surface area contributed by atoms with E-state index in [2.05, 4.69) is 0 Å². The zero-order valence-electron chi connectivity index (χ0n) is 15.3. The topological polar surface area (TPSA) is 57.6 Å². The van der Waals surface area contributed by atoms with E-state index in [0.717, 1.165) is 4.88 Å². The summed E-state index contributed by atoms with van der Waals surface area (Å²) in [6.45, 7) is 9.69. The number of carboxylic acid groups (broad SMARTS) is 1. The number of carbonyl (C=O) groups is 2. The second kappa shape index (κ2) is 7.59. The lowest BCUT2D eigenvalue weighted by Gasteiger charge is -2.27. The Labute approximate surface area is 167 Å². The maximum absolute atomic E-state index is 13.2. The van der Waals surface area contributed by atoms with Gasteiger partial charge in [0.05, 0.1) is 16.3 Å². The van der Waals surface area contributed by atoms with Gasteiger partial charge in [-0.2, -0.15) is 0 Å². The molecule has 1 amide bonds. The van der Waals surface area contributed by atoms with E-state index in [4.69, 9.17) is 23.2 Å². The molecular weight excluding hydrogens is 393 g/mol. The molecule has 0 unspecified atom stereocenters. The number of carboxylic acids is 1. The number of benzene rings is 1. The summed E-state index contributed by atoms with van der Waals surface area (Å²) in [5.74, 6) is -1.41. The molecule has 0 saturated heterocycles. The summed E-state index contributed by atoms with van der Waals surface area (Å²) >= 11 is 13.3. The minimum absolute atomic E-state index is 0.141. The highest BCUT2D eigenvalue weighted by Crippen LogP contribution is 2.39. The monoisotopic (exact) mass is 413 g/mol. The van der Waals surface area contributed by atoms with Crippen molar-refractivity contribution >= 4 is 52.1 Å². The highest BCUT2D eigenvalue weighted by Gasteiger charge is 2.31. The SMILES string of the molecule is CC(C)N(C(=O)c1ccc(Cl)cc1Cl)c1cc(C(C)(C)C)sc1C(=O)O. The Hall–Kier alpha value is -1.56. The van der Waals surface area contributed by atoms with Crippen molar-refractivity contribution in [1.82, 2.24) is 0 Å². The number of anilines is 1. The van der Waals surface area contributed by atoms with Gasteiger partial charge in [-0.15, -0.1) is 11.3 Å². The number of aromatic carboxylic acids is 1. The molecule has 26 heavy (non-hydrogen) atoms. The average molecular weight is 414 g/mol. The lowest BCUT2D eigenvalue weighted by Crippen LogP contribution is -2.37. The Morgan fingerprint density at radius 2 is 1.77 bits per heavy atom. The molecule has 0 radical (unpaired) electrons. The molecule has 0 aliphatic rings. The van der Waals surface area contributed by atoms with Crippen LogP contribution in [-0.2, 0) is 5.41 Å². The van der Waals surface area contributed by atoms with Crippen LogP contribution in [-0.4, -0.2) is 23.0 Å². The normalized spacial score (nSPS) is 11.7. The van der Waals surface area contributed by atoms with Crippen molar-refractivity contribution in [2.75, 3.05) is 4.90 Å². The van der Waals surface area contributed by atoms with Crippen LogP contribution < -0.4 is 4.90 Å². The highest BCUT2D eigenvalue weighted by molar-refractivity contribution is 7.14. The second-order valence-electron chi connectivity index (χ2n) is 7.27. The number of halogens is 2. The molecule has 2 aromatic rings. The van der Waals surface area contributed by atoms with Crippen LogP contribution >= 0.6 is 34.5 Å². The van der Waals surface area contributed by atoms with Gasteiger partial charge in [-0.3, -0.25) is 4.79 Å². The van der Waals surface area contributed by atoms with Crippen molar-refractivity contribution < 1.29 is 14.7 Å². The molecule has 1 heterocycles. The number of rotatable bonds is 4. The van der Waals surface area contributed by atoms with E-state index in [1.807, 2.05) is 34.6 Å². The van der Waals surface area contributed by atoms with E-state index in [9.17, 15) is 14.7 Å². The molecule has 0 spiro atoms. The molecule has 7 heteroatoms. The molecule has 1 N–H and O–H groups in total. The first kappa shape index (κ1) is 20.7. The van der Waals surface area contributed by atoms with Gasteiger partial charge in [0.25, 0.3) is 5.91 Å². The first-order chi connectivity index (χ1) is 11.9. The molecule has 0 aliphatic carbocycles. The van der Waals surface area contributed by atoms with Crippen molar-refractivity contribution in [3.05, 3.63) is 49.6 Å². The quantitative estimate of drug-likeness (QED) is 0.657. The van der Waals surface area contributed by atoms with Crippen LogP contribution in [0.25, 0.3) is 0 Å². The number of hydrogen-bond donors (Lipinski definition) is 1. The summed E-state index contributed by atoms with van der Waals surface area (Å²) in [6, 6.07) is 6.18. The maximum Gasteiger partial charge on any atom is 0.348 e. The Morgan fingerprint density at radius 1 is 1.15 bits per heavy atom. The third-order valence-electron chi connectivity index (χ3n) is 3.80. The van der Waals surface area contributed by atoms with Crippen LogP contribution in [0.2, 0.25) is 10.0 Å². The number of hydrogen-bond acceptors (Lipinski definition) is 3. The zero-order valence-corrected chi connectivity index (χ0v) is 17.6. The Balaban J connectivity index is 2.62. The summed E-state index contributed by atoms with van der Waals surface area (Å²) in [4.78, 5) is 27.5.